The third-order valence-electron chi connectivity index (χ3n) is 21.1. The number of ketones is 2. The minimum atomic E-state index is -2.87. The maximum absolute atomic E-state index is 15.5. The maximum atomic E-state index is 15.5. The van der Waals surface area contributed by atoms with Gasteiger partial charge in [0.15, 0.2) is 18.6 Å². The highest BCUT2D eigenvalue weighted by Gasteiger charge is 2.56. The van der Waals surface area contributed by atoms with Gasteiger partial charge in [0, 0.05) is 66.5 Å². The summed E-state index contributed by atoms with van der Waals surface area (Å²) in [7, 11) is 1.53. The van der Waals surface area contributed by atoms with Crippen LogP contribution in [0.5, 0.6) is 5.75 Å². The van der Waals surface area contributed by atoms with Gasteiger partial charge >= 0.3 is 5.97 Å². The fourth-order valence-corrected chi connectivity index (χ4v) is 17.3. The Morgan fingerprint density at radius 2 is 1.30 bits per heavy atom. The molecule has 0 spiro atoms. The number of halogens is 1. The molecular weight excluding hydrogens is 1720 g/mol. The molecule has 4 saturated heterocycles. The Hall–Kier alpha value is -7.52. The van der Waals surface area contributed by atoms with Crippen LogP contribution >= 0.6 is 44.2 Å². The van der Waals surface area contributed by atoms with Crippen molar-refractivity contribution in [3.8, 4) is 5.75 Å². The van der Waals surface area contributed by atoms with Crippen molar-refractivity contribution in [3.63, 3.8) is 0 Å². The minimum absolute atomic E-state index is 0.0423. The highest BCUT2D eigenvalue weighted by Crippen LogP contribution is 2.37. The fraction of sp³-hybridized carbons (Fsp3) is 0.597. The van der Waals surface area contributed by atoms with Gasteiger partial charge in [-0.3, -0.25) is 48.1 Å². The molecule has 42 heteroatoms. The van der Waals surface area contributed by atoms with E-state index in [1.54, 1.807) is 67.7 Å². The third kappa shape index (κ3) is 24.9. The van der Waals surface area contributed by atoms with E-state index in [9.17, 15) is 100 Å². The Morgan fingerprint density at radius 1 is 0.697 bits per heavy atom. The topological polar surface area (TPSA) is 624 Å². The van der Waals surface area contributed by atoms with Crippen LogP contribution in [0.15, 0.2) is 84.0 Å². The zero-order valence-corrected chi connectivity index (χ0v) is 69.3. The highest BCUT2D eigenvalue weighted by atomic mass is 127. The average molecular weight is 1830 g/mol. The van der Waals surface area contributed by atoms with Crippen molar-refractivity contribution in [2.24, 2.45) is 16.3 Å². The van der Waals surface area contributed by atoms with Gasteiger partial charge < -0.3 is 143 Å². The number of unbranched alkanes of at least 4 members (excludes halogenated alkanes) is 1. The summed E-state index contributed by atoms with van der Waals surface area (Å²) in [6.07, 6.45) is -27.8. The second-order valence-electron chi connectivity index (χ2n) is 31.0. The number of aliphatic hydroxyl groups excluding tert-OH is 11. The van der Waals surface area contributed by atoms with E-state index >= 15 is 19.2 Å². The Kier molecular flexibility index (Phi) is 34.4. The number of aliphatic carboxylic acids is 1. The molecule has 5 heterocycles. The number of nitrogens with one attached hydrogen (secondary N) is 9. The molecule has 4 aromatic rings. The van der Waals surface area contributed by atoms with Crippen LogP contribution in [0.4, 0.5) is 0 Å². The zero-order chi connectivity index (χ0) is 87.1. The molecule has 1 saturated carbocycles. The summed E-state index contributed by atoms with van der Waals surface area (Å²) in [6.45, 7) is 3.79. The number of aromatic nitrogens is 1. The number of hydrogen-bond donors (Lipinski definition) is 23. The quantitative estimate of drug-likeness (QED) is 0.00831. The normalized spacial score (nSPS) is 31.7. The number of carbonyl (C=O) groups excluding carboxylic acids is 9. The van der Waals surface area contributed by atoms with Crippen LogP contribution in [-0.4, -0.2) is 332 Å². The summed E-state index contributed by atoms with van der Waals surface area (Å²) < 4.78 is 28.5. The SMILES string of the molecule is CC(=NCCCC[C@@H]1NC(=O)[C@@H](Cc2c[nH]c3ccccc23)NC(=O)[C@H](Cc2ccc(O)c(I)c2)NC(=O)[C@@H](NC(=O)[C@@H](Cc2ccccc2)NC[C@@]2(O)OC[C@@H](O)[C@@H](O[C@H]3O[C@H](CO)[C@@H](O[C@H]4O[C@H](CO)[C@@H](O)[C@H](O)[C@H]4O)[C@H](O)[C@H]3O)[C@@H]2O)CSSC[C@@H](C(=O)N[C@@H](C(=O)O)[C@@H](C)O)NC(=O)[C@H]([C@@H](C)O)NC1=O)C1C(=O)CC(C)(C)CC1=O. The van der Waals surface area contributed by atoms with E-state index in [-0.39, 0.29) is 75.2 Å². The summed E-state index contributed by atoms with van der Waals surface area (Å²) in [5.74, 6) is -15.1. The molecule has 23 N–H and O–H groups in total. The number of aliphatic hydroxyl groups is 12. The van der Waals surface area contributed by atoms with Crippen LogP contribution in [0.25, 0.3) is 10.9 Å². The smallest absolute Gasteiger partial charge is 0.328 e. The van der Waals surface area contributed by atoms with Crippen LogP contribution in [0, 0.1) is 14.9 Å². The number of H-pyrrole nitrogens is 1. The first-order valence-electron chi connectivity index (χ1n) is 38.6. The first kappa shape index (κ1) is 95.3. The number of nitrogens with zero attached hydrogens (tertiary/aromatic N) is 1. The van der Waals surface area contributed by atoms with E-state index in [0.29, 0.717) is 36.9 Å². The number of Topliss-reactive ketones (excluding diaryl/α,β-unsaturated/α-hetero) is 2. The number of aromatic amines is 1. The van der Waals surface area contributed by atoms with Crippen LogP contribution in [0.2, 0.25) is 0 Å². The number of amides is 7. The van der Waals surface area contributed by atoms with Crippen molar-refractivity contribution in [1.82, 2.24) is 47.5 Å². The van der Waals surface area contributed by atoms with E-state index in [0.717, 1.165) is 35.4 Å². The van der Waals surface area contributed by atoms with Gasteiger partial charge in [-0.1, -0.05) is 90.0 Å². The van der Waals surface area contributed by atoms with Gasteiger partial charge in [0.2, 0.25) is 47.1 Å². The summed E-state index contributed by atoms with van der Waals surface area (Å²) >= 11 is 1.84. The van der Waals surface area contributed by atoms with Gasteiger partial charge in [-0.05, 0) is 109 Å². The van der Waals surface area contributed by atoms with E-state index in [2.05, 4.69) is 52.5 Å². The summed E-state index contributed by atoms with van der Waals surface area (Å²) in [4.78, 5) is 152. The van der Waals surface area contributed by atoms with Gasteiger partial charge in [0.25, 0.3) is 0 Å². The molecular formula is C77H105IN10O29S2. The number of hydrogen-bond acceptors (Lipinski definition) is 32. The number of aliphatic imine (C=N–C) groups is 1. The number of para-hydroxylation sites is 1. The van der Waals surface area contributed by atoms with Gasteiger partial charge in [0.05, 0.1) is 48.2 Å². The van der Waals surface area contributed by atoms with E-state index in [1.807, 2.05) is 36.4 Å². The van der Waals surface area contributed by atoms with Gasteiger partial charge in [-0.15, -0.1) is 0 Å². The fourth-order valence-electron chi connectivity index (χ4n) is 14.4. The first-order chi connectivity index (χ1) is 56.3. The molecule has 3 aromatic carbocycles. The molecule has 0 unspecified atom stereocenters. The van der Waals surface area contributed by atoms with Crippen molar-refractivity contribution >= 4 is 120 Å². The largest absolute Gasteiger partial charge is 0.507 e. The maximum Gasteiger partial charge on any atom is 0.328 e. The van der Waals surface area contributed by atoms with Crippen LogP contribution in [-0.2, 0) is 90.9 Å². The van der Waals surface area contributed by atoms with Gasteiger partial charge in [-0.2, -0.15) is 0 Å². The summed E-state index contributed by atoms with van der Waals surface area (Å²) in [5, 5.41) is 174. The van der Waals surface area contributed by atoms with Crippen molar-refractivity contribution in [3.05, 3.63) is 99.3 Å². The van der Waals surface area contributed by atoms with Crippen molar-refractivity contribution < 1.29 is 143 Å². The molecule has 1 aromatic heterocycles. The van der Waals surface area contributed by atoms with E-state index in [4.69, 9.17) is 23.7 Å². The lowest BCUT2D eigenvalue weighted by atomic mass is 9.70. The number of carbonyl (C=O) groups is 10. The molecule has 5 fully saturated rings. The number of phenolic OH excluding ortho intramolecular Hbond substituents is 1. The zero-order valence-electron chi connectivity index (χ0n) is 65.5. The highest BCUT2D eigenvalue weighted by molar-refractivity contribution is 14.1. The Bertz CT molecular complexity index is 4210. The standard InChI is InChI=1S/C77H105IN10O29S2/c1-34(55-50(94)25-76(4,5)26-51(55)95)79-20-12-11-17-43-66(103)87-56(35(2)91)72(109)86-48(71(108)88-57(36(3)92)73(110)111)32-119-118-31-47(70(107)83-45(23-38-18-19-49(93)41(78)21-38)68(105)84-46(69(106)82-43)24-39-27-80-42-16-10-9-15-40(39)42)85-67(104)44(22-37-13-7-6-8-14-37)81-33-77(112)65(102)63(52(96)30-113-77)116-75-62(101)60(99)64(54(29-90)115-75)117-74-61(100)59(98)58(97)53(28-89)114-74/h6-10,13-16,18-19,21,27,35-36,43-48,52-65,74-75,80-81,89-93,96-102,112H,11-12,17,20,22-26,28-33H2,1-5H3,(H,82,106)(H,83,107)(H,84,105)(H,85,104)(H,86,109)(H,87,103)(H,88,108)(H,110,111)/t35-,36-,43+,44-,45+,46-,47+,48+,52-,53-,54-,56+,57-,58-,59+,60-,61-,62-,63-,64-,65+,74-,75-,77-/m1/s1. The predicted molar refractivity (Wildman–Crippen MR) is 430 cm³/mol. The van der Waals surface area contributed by atoms with Gasteiger partial charge in [-0.25, -0.2) is 4.79 Å². The number of fused-ring (bicyclic) bond motifs is 1. The number of benzene rings is 3. The molecule has 7 amide bonds. The molecule has 656 valence electrons. The van der Waals surface area contributed by atoms with Crippen molar-refractivity contribution in [1.29, 1.82) is 0 Å². The molecule has 4 aliphatic heterocycles. The molecule has 9 rings (SSSR count). The van der Waals surface area contributed by atoms with Crippen LogP contribution in [0.3, 0.4) is 0 Å². The lowest BCUT2D eigenvalue weighted by molar-refractivity contribution is -0.383. The number of carboxylic acid groups (broad SMARTS) is 1. The Morgan fingerprint density at radius 3 is 1.95 bits per heavy atom. The lowest BCUT2D eigenvalue weighted by Gasteiger charge is -2.48. The molecule has 39 nitrogen and oxygen atoms in total. The van der Waals surface area contributed by atoms with E-state index in [1.165, 1.54) is 18.2 Å². The molecule has 5 aliphatic rings. The number of ether oxygens (including phenoxy) is 5. The number of carboxylic acids is 1. The first-order valence-corrected chi connectivity index (χ1v) is 42.2. The predicted octanol–water partition coefficient (Wildman–Crippen LogP) is -5.25. The molecule has 1 aliphatic carbocycles. The Balaban J connectivity index is 1.04. The van der Waals surface area contributed by atoms with Crippen molar-refractivity contribution in [2.75, 3.05) is 44.4 Å². The number of phenols is 1. The van der Waals surface area contributed by atoms with Gasteiger partial charge in [0.1, 0.15) is 127 Å². The molecule has 119 heavy (non-hydrogen) atoms. The third-order valence-corrected chi connectivity index (χ3v) is 24.4. The molecule has 0 radical (unpaired) electrons. The average Bonchev–Trinajstić information content (AvgIpc) is 1.39. The monoisotopic (exact) mass is 1820 g/mol. The summed E-state index contributed by atoms with van der Waals surface area (Å²) in [5.41, 5.74) is 1.63. The lowest BCUT2D eigenvalue weighted by Crippen LogP contribution is -2.69. The number of rotatable bonds is 28. The van der Waals surface area contributed by atoms with E-state index < -0.39 is 243 Å². The second-order valence-corrected chi connectivity index (χ2v) is 34.7. The van der Waals surface area contributed by atoms with Crippen LogP contribution < -0.4 is 42.5 Å². The Labute approximate surface area is 704 Å². The minimum Gasteiger partial charge on any atom is -0.507 e. The van der Waals surface area contributed by atoms with Crippen molar-refractivity contribution in [2.45, 2.75) is 232 Å². The second kappa shape index (κ2) is 43.0. The molecule has 0 bridgehead atoms. The van der Waals surface area contributed by atoms with Crippen LogP contribution in [0.1, 0.15) is 83.4 Å². The number of aromatic hydroxyl groups is 1. The molecule has 24 atom stereocenters. The summed E-state index contributed by atoms with van der Waals surface area (Å²) in [6, 6.07) is 5.30.